The normalized spacial score (nSPS) is 11.5. The molecule has 3 nitrogen and oxygen atoms in total. The summed E-state index contributed by atoms with van der Waals surface area (Å²) < 4.78 is 8.78. The number of anilines is 3. The summed E-state index contributed by atoms with van der Waals surface area (Å²) in [6, 6.07) is 69.2. The smallest absolute Gasteiger partial charge is 0.137 e. The maximum atomic E-state index is 6.39. The van der Waals surface area contributed by atoms with Gasteiger partial charge in [-0.05, 0) is 89.0 Å². The van der Waals surface area contributed by atoms with Gasteiger partial charge in [0.25, 0.3) is 0 Å². The molecule has 0 saturated carbocycles. The average molecular weight is 653 g/mol. The number of benzene rings is 8. The second-order valence-electron chi connectivity index (χ2n) is 13.0. The SMILES string of the molecule is c1ccc(-c2ccc(N(c3ccc4c(c3)c3ccc(-c5ccccc5)cc3n4-c3ccccc3)c3cccc4oc5ccccc5c34)cc2)cc1. The molecule has 0 spiro atoms. The lowest BCUT2D eigenvalue weighted by molar-refractivity contribution is 0.669. The molecule has 0 fully saturated rings. The number of fused-ring (bicyclic) bond motifs is 6. The highest BCUT2D eigenvalue weighted by Crippen LogP contribution is 2.45. The molecular weight excluding hydrogens is 621 g/mol. The zero-order chi connectivity index (χ0) is 33.7. The maximum absolute atomic E-state index is 6.39. The predicted octanol–water partition coefficient (Wildman–Crippen LogP) is 13.5. The van der Waals surface area contributed by atoms with Crippen molar-refractivity contribution in [1.82, 2.24) is 4.57 Å². The van der Waals surface area contributed by atoms with Gasteiger partial charge < -0.3 is 13.9 Å². The standard InChI is InChI=1S/C48H32N2O/c1-4-13-33(14-5-1)35-23-26-38(27-24-35)49(44-20-12-22-47-48(44)41-19-10-11-21-46(41)51-47)39-28-30-43-42(32-39)40-29-25-36(34-15-6-2-7-16-34)31-45(40)50(43)37-17-8-3-9-18-37/h1-32H. The second kappa shape index (κ2) is 11.9. The number of rotatable bonds is 6. The lowest BCUT2D eigenvalue weighted by atomic mass is 10.0. The van der Waals surface area contributed by atoms with E-state index in [1.807, 2.05) is 12.1 Å². The molecule has 0 aliphatic carbocycles. The third-order valence-corrected chi connectivity index (χ3v) is 9.98. The summed E-state index contributed by atoms with van der Waals surface area (Å²) >= 11 is 0. The van der Waals surface area contributed by atoms with Crippen molar-refractivity contribution in [3.05, 3.63) is 194 Å². The molecule has 2 heterocycles. The Morgan fingerprint density at radius 3 is 1.75 bits per heavy atom. The van der Waals surface area contributed by atoms with Crippen LogP contribution in [-0.2, 0) is 0 Å². The number of furan rings is 1. The maximum Gasteiger partial charge on any atom is 0.137 e. The molecule has 0 saturated heterocycles. The Balaban J connectivity index is 1.22. The number of hydrogen-bond acceptors (Lipinski definition) is 2. The first-order valence-electron chi connectivity index (χ1n) is 17.4. The highest BCUT2D eigenvalue weighted by molar-refractivity contribution is 6.15. The van der Waals surface area contributed by atoms with Crippen LogP contribution in [0.1, 0.15) is 0 Å². The van der Waals surface area contributed by atoms with Crippen molar-refractivity contribution in [2.45, 2.75) is 0 Å². The summed E-state index contributed by atoms with van der Waals surface area (Å²) in [5.74, 6) is 0. The van der Waals surface area contributed by atoms with Gasteiger partial charge in [-0.15, -0.1) is 0 Å². The van der Waals surface area contributed by atoms with Crippen molar-refractivity contribution in [2.75, 3.05) is 4.90 Å². The predicted molar refractivity (Wildman–Crippen MR) is 214 cm³/mol. The van der Waals surface area contributed by atoms with Crippen molar-refractivity contribution in [3.63, 3.8) is 0 Å². The minimum absolute atomic E-state index is 0.870. The Bertz CT molecular complexity index is 2830. The van der Waals surface area contributed by atoms with Gasteiger partial charge in [0, 0.05) is 33.2 Å². The summed E-state index contributed by atoms with van der Waals surface area (Å²) in [5, 5.41) is 4.60. The second-order valence-corrected chi connectivity index (χ2v) is 13.0. The number of aromatic nitrogens is 1. The van der Waals surface area contributed by atoms with E-state index in [-0.39, 0.29) is 0 Å². The van der Waals surface area contributed by atoms with E-state index in [4.69, 9.17) is 4.42 Å². The molecular formula is C48H32N2O. The number of para-hydroxylation sites is 2. The average Bonchev–Trinajstić information content (AvgIpc) is 3.75. The van der Waals surface area contributed by atoms with E-state index in [0.717, 1.165) is 50.2 Å². The number of hydrogen-bond donors (Lipinski definition) is 0. The van der Waals surface area contributed by atoms with E-state index in [0.29, 0.717) is 0 Å². The van der Waals surface area contributed by atoms with Gasteiger partial charge >= 0.3 is 0 Å². The van der Waals surface area contributed by atoms with Crippen molar-refractivity contribution < 1.29 is 4.42 Å². The molecule has 0 aliphatic heterocycles. The minimum atomic E-state index is 0.870. The fourth-order valence-corrected chi connectivity index (χ4v) is 7.62. The van der Waals surface area contributed by atoms with Crippen LogP contribution in [0.4, 0.5) is 17.1 Å². The monoisotopic (exact) mass is 652 g/mol. The molecule has 8 aromatic carbocycles. The summed E-state index contributed by atoms with van der Waals surface area (Å²) in [5.41, 5.74) is 13.2. The van der Waals surface area contributed by atoms with E-state index < -0.39 is 0 Å². The quantitative estimate of drug-likeness (QED) is 0.178. The van der Waals surface area contributed by atoms with Crippen LogP contribution in [0.2, 0.25) is 0 Å². The van der Waals surface area contributed by atoms with E-state index in [2.05, 4.69) is 191 Å². The van der Waals surface area contributed by atoms with Gasteiger partial charge in [-0.25, -0.2) is 0 Å². The van der Waals surface area contributed by atoms with Gasteiger partial charge in [0.05, 0.1) is 22.1 Å². The molecule has 0 atom stereocenters. The molecule has 10 aromatic rings. The van der Waals surface area contributed by atoms with Crippen LogP contribution < -0.4 is 4.90 Å². The molecule has 0 unspecified atom stereocenters. The van der Waals surface area contributed by atoms with Gasteiger partial charge in [-0.3, -0.25) is 0 Å². The molecule has 2 aromatic heterocycles. The van der Waals surface area contributed by atoms with Gasteiger partial charge in [0.1, 0.15) is 11.2 Å². The van der Waals surface area contributed by atoms with Crippen LogP contribution in [0, 0.1) is 0 Å². The third-order valence-electron chi connectivity index (χ3n) is 9.98. The molecule has 0 N–H and O–H groups in total. The molecule has 240 valence electrons. The third kappa shape index (κ3) is 4.90. The van der Waals surface area contributed by atoms with Crippen LogP contribution >= 0.6 is 0 Å². The Hall–Kier alpha value is -6.84. The summed E-state index contributed by atoms with van der Waals surface area (Å²) in [7, 11) is 0. The fraction of sp³-hybridized carbons (Fsp3) is 0. The Morgan fingerprint density at radius 1 is 0.373 bits per heavy atom. The topological polar surface area (TPSA) is 21.3 Å². The lowest BCUT2D eigenvalue weighted by Gasteiger charge is -2.26. The van der Waals surface area contributed by atoms with Crippen LogP contribution in [-0.4, -0.2) is 4.57 Å². The molecule has 0 amide bonds. The zero-order valence-electron chi connectivity index (χ0n) is 27.8. The first-order chi connectivity index (χ1) is 25.3. The van der Waals surface area contributed by atoms with Gasteiger partial charge in [0.2, 0.25) is 0 Å². The van der Waals surface area contributed by atoms with Crippen LogP contribution in [0.15, 0.2) is 199 Å². The van der Waals surface area contributed by atoms with Crippen LogP contribution in [0.3, 0.4) is 0 Å². The van der Waals surface area contributed by atoms with E-state index in [1.54, 1.807) is 0 Å². The van der Waals surface area contributed by atoms with Crippen molar-refractivity contribution in [3.8, 4) is 27.9 Å². The van der Waals surface area contributed by atoms with Gasteiger partial charge in [-0.2, -0.15) is 0 Å². The Kier molecular flexibility index (Phi) is 6.81. The molecule has 0 radical (unpaired) electrons. The Morgan fingerprint density at radius 2 is 0.980 bits per heavy atom. The molecule has 10 rings (SSSR count). The fourth-order valence-electron chi connectivity index (χ4n) is 7.62. The molecule has 0 bridgehead atoms. The van der Waals surface area contributed by atoms with E-state index >= 15 is 0 Å². The minimum Gasteiger partial charge on any atom is -0.456 e. The zero-order valence-corrected chi connectivity index (χ0v) is 27.8. The summed E-state index contributed by atoms with van der Waals surface area (Å²) in [4.78, 5) is 2.38. The summed E-state index contributed by atoms with van der Waals surface area (Å²) in [6.45, 7) is 0. The number of nitrogens with zero attached hydrogens (tertiary/aromatic N) is 2. The van der Waals surface area contributed by atoms with Crippen molar-refractivity contribution in [2.24, 2.45) is 0 Å². The summed E-state index contributed by atoms with van der Waals surface area (Å²) in [6.07, 6.45) is 0. The molecule has 3 heteroatoms. The molecule has 51 heavy (non-hydrogen) atoms. The van der Waals surface area contributed by atoms with Crippen molar-refractivity contribution in [1.29, 1.82) is 0 Å². The first-order valence-corrected chi connectivity index (χ1v) is 17.4. The highest BCUT2D eigenvalue weighted by atomic mass is 16.3. The van der Waals surface area contributed by atoms with Gasteiger partial charge in [-0.1, -0.05) is 127 Å². The first kappa shape index (κ1) is 29.1. The van der Waals surface area contributed by atoms with Crippen LogP contribution in [0.5, 0.6) is 0 Å². The highest BCUT2D eigenvalue weighted by Gasteiger charge is 2.21. The van der Waals surface area contributed by atoms with Gasteiger partial charge in [0.15, 0.2) is 0 Å². The Labute approximate surface area is 295 Å². The lowest BCUT2D eigenvalue weighted by Crippen LogP contribution is -2.10. The van der Waals surface area contributed by atoms with E-state index in [1.165, 1.54) is 38.5 Å². The molecule has 0 aliphatic rings. The van der Waals surface area contributed by atoms with Crippen molar-refractivity contribution >= 4 is 60.8 Å². The van der Waals surface area contributed by atoms with E-state index in [9.17, 15) is 0 Å². The van der Waals surface area contributed by atoms with Crippen LogP contribution in [0.25, 0.3) is 71.7 Å². The largest absolute Gasteiger partial charge is 0.456 e.